The van der Waals surface area contributed by atoms with Crippen molar-refractivity contribution in [3.8, 4) is 0 Å². The lowest BCUT2D eigenvalue weighted by Crippen LogP contribution is -1.94. The molecule has 15 heavy (non-hydrogen) atoms. The fourth-order valence-corrected chi connectivity index (χ4v) is 1.22. The van der Waals surface area contributed by atoms with E-state index in [9.17, 15) is 0 Å². The first kappa shape index (κ1) is 11.5. The molecule has 0 saturated carbocycles. The van der Waals surface area contributed by atoms with Crippen LogP contribution in [0.25, 0.3) is 0 Å². The van der Waals surface area contributed by atoms with Crippen molar-refractivity contribution in [2.45, 2.75) is 6.42 Å². The van der Waals surface area contributed by atoms with E-state index in [4.69, 9.17) is 10.3 Å². The van der Waals surface area contributed by atoms with Crippen LogP contribution in [0.15, 0.2) is 48.6 Å². The van der Waals surface area contributed by atoms with Gasteiger partial charge in [0, 0.05) is 0 Å². The minimum Gasteiger partial charge on any atom is -0.392 e. The molecule has 1 aromatic carbocycles. The van der Waals surface area contributed by atoms with E-state index >= 15 is 0 Å². The molecule has 0 saturated heterocycles. The molecule has 80 valence electrons. The van der Waals surface area contributed by atoms with Crippen LogP contribution in [0, 0.1) is 0 Å². The molecular weight excluding hydrogens is 190 g/mol. The van der Waals surface area contributed by atoms with Gasteiger partial charge in [0.1, 0.15) is 0 Å². The first-order valence-corrected chi connectivity index (χ1v) is 4.79. The molecule has 0 radical (unpaired) electrons. The summed E-state index contributed by atoms with van der Waals surface area (Å²) in [5.74, 6) is 0. The van der Waals surface area contributed by atoms with E-state index in [-0.39, 0.29) is 6.61 Å². The third-order valence-electron chi connectivity index (χ3n) is 1.96. The van der Waals surface area contributed by atoms with Crippen molar-refractivity contribution >= 4 is 5.69 Å². The van der Waals surface area contributed by atoms with Crippen molar-refractivity contribution in [1.29, 1.82) is 0 Å². The van der Waals surface area contributed by atoms with Gasteiger partial charge >= 0.3 is 0 Å². The summed E-state index contributed by atoms with van der Waals surface area (Å²) in [6.45, 7) is 0.0547. The molecule has 0 aliphatic carbocycles. The molecule has 0 heterocycles. The SMILES string of the molecule is OC/C=C\C=C/Cc1ccccc1NO. The van der Waals surface area contributed by atoms with Crippen LogP contribution < -0.4 is 5.48 Å². The Balaban J connectivity index is 2.56. The summed E-state index contributed by atoms with van der Waals surface area (Å²) < 4.78 is 0. The number of anilines is 1. The van der Waals surface area contributed by atoms with Crippen molar-refractivity contribution in [3.63, 3.8) is 0 Å². The lowest BCUT2D eigenvalue weighted by molar-refractivity contribution is 0.343. The number of para-hydroxylation sites is 1. The first-order valence-electron chi connectivity index (χ1n) is 4.79. The third kappa shape index (κ3) is 3.97. The topological polar surface area (TPSA) is 52.5 Å². The Kier molecular flexibility index (Phi) is 5.22. The third-order valence-corrected chi connectivity index (χ3v) is 1.96. The average molecular weight is 205 g/mol. The van der Waals surface area contributed by atoms with Gasteiger partial charge in [0.25, 0.3) is 0 Å². The molecule has 0 aliphatic rings. The van der Waals surface area contributed by atoms with E-state index in [1.165, 1.54) is 0 Å². The molecule has 0 fully saturated rings. The second-order valence-electron chi connectivity index (χ2n) is 3.01. The molecule has 1 rings (SSSR count). The summed E-state index contributed by atoms with van der Waals surface area (Å²) in [5.41, 5.74) is 3.89. The number of aliphatic hydroxyl groups excluding tert-OH is 1. The Morgan fingerprint density at radius 3 is 2.60 bits per heavy atom. The monoisotopic (exact) mass is 205 g/mol. The maximum absolute atomic E-state index is 8.84. The molecule has 0 atom stereocenters. The Morgan fingerprint density at radius 1 is 1.13 bits per heavy atom. The smallest absolute Gasteiger partial charge is 0.0637 e. The predicted molar refractivity (Wildman–Crippen MR) is 60.9 cm³/mol. The van der Waals surface area contributed by atoms with Gasteiger partial charge in [0.05, 0.1) is 12.3 Å². The van der Waals surface area contributed by atoms with Gasteiger partial charge in [-0.15, -0.1) is 0 Å². The van der Waals surface area contributed by atoms with Gasteiger partial charge < -0.3 is 5.11 Å². The number of allylic oxidation sites excluding steroid dienone is 3. The van der Waals surface area contributed by atoms with E-state index in [0.717, 1.165) is 12.0 Å². The Morgan fingerprint density at radius 2 is 1.87 bits per heavy atom. The van der Waals surface area contributed by atoms with Crippen LogP contribution in [0.2, 0.25) is 0 Å². The summed E-state index contributed by atoms with van der Waals surface area (Å²) in [7, 11) is 0. The van der Waals surface area contributed by atoms with Crippen molar-refractivity contribution in [1.82, 2.24) is 0 Å². The van der Waals surface area contributed by atoms with Crippen molar-refractivity contribution in [2.75, 3.05) is 12.1 Å². The van der Waals surface area contributed by atoms with E-state index in [1.54, 1.807) is 12.2 Å². The molecule has 1 aromatic rings. The molecule has 0 unspecified atom stereocenters. The predicted octanol–water partition coefficient (Wildman–Crippen LogP) is 2.13. The van der Waals surface area contributed by atoms with Crippen molar-refractivity contribution < 1.29 is 10.3 Å². The highest BCUT2D eigenvalue weighted by Gasteiger charge is 1.96. The zero-order valence-corrected chi connectivity index (χ0v) is 8.43. The van der Waals surface area contributed by atoms with Crippen LogP contribution in [0.1, 0.15) is 5.56 Å². The fraction of sp³-hybridized carbons (Fsp3) is 0.167. The van der Waals surface area contributed by atoms with Gasteiger partial charge in [-0.3, -0.25) is 10.7 Å². The summed E-state index contributed by atoms with van der Waals surface area (Å²) in [5, 5.41) is 17.3. The number of rotatable bonds is 5. The van der Waals surface area contributed by atoms with Crippen LogP contribution in [-0.4, -0.2) is 16.9 Å². The van der Waals surface area contributed by atoms with Crippen molar-refractivity contribution in [2.24, 2.45) is 0 Å². The van der Waals surface area contributed by atoms with E-state index in [0.29, 0.717) is 5.69 Å². The number of aliphatic hydroxyl groups is 1. The van der Waals surface area contributed by atoms with Gasteiger partial charge in [-0.25, -0.2) is 0 Å². The quantitative estimate of drug-likeness (QED) is 0.510. The summed E-state index contributed by atoms with van der Waals surface area (Å²) >= 11 is 0. The van der Waals surface area contributed by atoms with Crippen LogP contribution in [0.5, 0.6) is 0 Å². The van der Waals surface area contributed by atoms with Gasteiger partial charge in [0.2, 0.25) is 0 Å². The number of hydrogen-bond donors (Lipinski definition) is 3. The standard InChI is InChI=1S/C12H15NO2/c14-10-6-2-1-3-7-11-8-4-5-9-12(11)13-15/h1-6,8-9,13-15H,7,10H2/b3-1-,6-2-. The van der Waals surface area contributed by atoms with Gasteiger partial charge in [-0.05, 0) is 18.1 Å². The van der Waals surface area contributed by atoms with E-state index < -0.39 is 0 Å². The van der Waals surface area contributed by atoms with Crippen LogP contribution in [-0.2, 0) is 6.42 Å². The highest BCUT2D eigenvalue weighted by Crippen LogP contribution is 2.14. The molecule has 3 N–H and O–H groups in total. The van der Waals surface area contributed by atoms with Crippen LogP contribution >= 0.6 is 0 Å². The zero-order chi connectivity index (χ0) is 10.9. The summed E-state index contributed by atoms with van der Waals surface area (Å²) in [4.78, 5) is 0. The normalized spacial score (nSPS) is 11.3. The minimum absolute atomic E-state index is 0.0547. The van der Waals surface area contributed by atoms with E-state index in [1.807, 2.05) is 36.4 Å². The Bertz CT molecular complexity index is 345. The molecule has 0 aliphatic heterocycles. The molecule has 3 nitrogen and oxygen atoms in total. The molecule has 0 amide bonds. The molecule has 0 spiro atoms. The fourth-order valence-electron chi connectivity index (χ4n) is 1.22. The Hall–Kier alpha value is -1.58. The minimum atomic E-state index is 0.0547. The number of hydrogen-bond acceptors (Lipinski definition) is 3. The maximum atomic E-state index is 8.84. The lowest BCUT2D eigenvalue weighted by Gasteiger charge is -2.04. The second-order valence-corrected chi connectivity index (χ2v) is 3.01. The second kappa shape index (κ2) is 6.81. The van der Waals surface area contributed by atoms with Gasteiger partial charge in [0.15, 0.2) is 0 Å². The lowest BCUT2D eigenvalue weighted by atomic mass is 10.1. The average Bonchev–Trinajstić information content (AvgIpc) is 2.29. The van der Waals surface area contributed by atoms with Crippen LogP contribution in [0.4, 0.5) is 5.69 Å². The Labute approximate surface area is 89.3 Å². The zero-order valence-electron chi connectivity index (χ0n) is 8.43. The van der Waals surface area contributed by atoms with Crippen LogP contribution in [0.3, 0.4) is 0 Å². The molecular formula is C12H15NO2. The molecule has 0 aromatic heterocycles. The molecule has 3 heteroatoms. The largest absolute Gasteiger partial charge is 0.392 e. The summed E-state index contributed by atoms with van der Waals surface area (Å²) in [6, 6.07) is 7.54. The highest BCUT2D eigenvalue weighted by molar-refractivity contribution is 5.49. The van der Waals surface area contributed by atoms with Crippen molar-refractivity contribution in [3.05, 3.63) is 54.1 Å². The highest BCUT2D eigenvalue weighted by atomic mass is 16.5. The van der Waals surface area contributed by atoms with Gasteiger partial charge in [-0.2, -0.15) is 0 Å². The number of nitrogens with one attached hydrogen (secondary N) is 1. The number of benzene rings is 1. The van der Waals surface area contributed by atoms with Gasteiger partial charge in [-0.1, -0.05) is 42.5 Å². The molecule has 0 bridgehead atoms. The maximum Gasteiger partial charge on any atom is 0.0637 e. The van der Waals surface area contributed by atoms with E-state index in [2.05, 4.69) is 5.48 Å². The summed E-state index contributed by atoms with van der Waals surface area (Å²) in [6.07, 6.45) is 8.01. The first-order chi connectivity index (χ1) is 7.38.